The van der Waals surface area contributed by atoms with Crippen LogP contribution in [0.4, 0.5) is 0 Å². The first-order valence-corrected chi connectivity index (χ1v) is 10.0. The van der Waals surface area contributed by atoms with Crippen LogP contribution >= 0.6 is 0 Å². The second kappa shape index (κ2) is 9.87. The molecule has 29 heavy (non-hydrogen) atoms. The van der Waals surface area contributed by atoms with E-state index in [1.165, 1.54) is 0 Å². The van der Waals surface area contributed by atoms with Gasteiger partial charge in [-0.15, -0.1) is 0 Å². The van der Waals surface area contributed by atoms with Gasteiger partial charge in [0.1, 0.15) is 0 Å². The molecule has 2 aromatic rings. The molecule has 0 unspecified atom stereocenters. The molecule has 4 heteroatoms. The molecule has 150 valence electrons. The van der Waals surface area contributed by atoms with Crippen molar-refractivity contribution in [2.45, 2.75) is 39.3 Å². The lowest BCUT2D eigenvalue weighted by Crippen LogP contribution is -2.42. The second-order valence-electron chi connectivity index (χ2n) is 7.15. The Hall–Kier alpha value is -3.14. The van der Waals surface area contributed by atoms with Gasteiger partial charge in [0, 0.05) is 18.5 Å². The van der Waals surface area contributed by atoms with Crippen LogP contribution in [0.2, 0.25) is 0 Å². The van der Waals surface area contributed by atoms with Crippen LogP contribution in [0.5, 0.6) is 0 Å². The molecule has 0 aliphatic carbocycles. The van der Waals surface area contributed by atoms with Crippen LogP contribution in [0, 0.1) is 0 Å². The van der Waals surface area contributed by atoms with Crippen LogP contribution in [0.25, 0.3) is 0 Å². The summed E-state index contributed by atoms with van der Waals surface area (Å²) < 4.78 is 5.35. The van der Waals surface area contributed by atoms with Gasteiger partial charge in [-0.3, -0.25) is 4.79 Å². The van der Waals surface area contributed by atoms with Crippen molar-refractivity contribution >= 4 is 11.9 Å². The molecular weight excluding hydrogens is 362 g/mol. The maximum Gasteiger partial charge on any atom is 0.334 e. The number of hydrogen-bond acceptors (Lipinski definition) is 3. The molecule has 0 saturated carbocycles. The molecule has 0 N–H and O–H groups in total. The van der Waals surface area contributed by atoms with E-state index >= 15 is 0 Å². The highest BCUT2D eigenvalue weighted by Crippen LogP contribution is 2.26. The Kier molecular flexibility index (Phi) is 7.01. The lowest BCUT2D eigenvalue weighted by atomic mass is 9.91. The topological polar surface area (TPSA) is 46.6 Å². The van der Waals surface area contributed by atoms with Crippen LogP contribution < -0.4 is 0 Å². The van der Waals surface area contributed by atoms with E-state index in [4.69, 9.17) is 4.74 Å². The fourth-order valence-corrected chi connectivity index (χ4v) is 3.64. The minimum absolute atomic E-state index is 0.0348. The van der Waals surface area contributed by atoms with Crippen molar-refractivity contribution in [1.82, 2.24) is 4.90 Å². The van der Waals surface area contributed by atoms with Gasteiger partial charge in [0.25, 0.3) is 0 Å². The summed E-state index contributed by atoms with van der Waals surface area (Å²) in [7, 11) is 0. The molecule has 0 saturated heterocycles. The normalized spacial score (nSPS) is 17.1. The molecule has 4 nitrogen and oxygen atoms in total. The standard InChI is InChI=1S/C25H27NO3/c1-3-29-25(28)22(17-20-11-6-4-7-12-20)19(2)23-15-10-16-24(27)26(23)18-21-13-8-5-9-14-21/h4-14,16,23H,3,15,17-18H2,1-2H3/b22-19-/t23-/m1/s1. The van der Waals surface area contributed by atoms with Gasteiger partial charge in [-0.2, -0.15) is 0 Å². The highest BCUT2D eigenvalue weighted by Gasteiger charge is 2.29. The van der Waals surface area contributed by atoms with Crippen LogP contribution in [-0.2, 0) is 27.3 Å². The summed E-state index contributed by atoms with van der Waals surface area (Å²) in [5.41, 5.74) is 3.63. The number of hydrogen-bond donors (Lipinski definition) is 0. The van der Waals surface area contributed by atoms with Gasteiger partial charge in [-0.25, -0.2) is 4.79 Å². The van der Waals surface area contributed by atoms with Crippen LogP contribution in [0.3, 0.4) is 0 Å². The van der Waals surface area contributed by atoms with Gasteiger partial charge in [0.2, 0.25) is 5.91 Å². The molecule has 0 spiro atoms. The van der Waals surface area contributed by atoms with Gasteiger partial charge < -0.3 is 9.64 Å². The van der Waals surface area contributed by atoms with E-state index < -0.39 is 0 Å². The zero-order chi connectivity index (χ0) is 20.6. The van der Waals surface area contributed by atoms with E-state index in [2.05, 4.69) is 0 Å². The molecule has 0 aromatic heterocycles. The zero-order valence-corrected chi connectivity index (χ0v) is 17.0. The van der Waals surface area contributed by atoms with Gasteiger partial charge in [-0.05, 0) is 43.0 Å². The predicted molar refractivity (Wildman–Crippen MR) is 114 cm³/mol. The third kappa shape index (κ3) is 5.23. The van der Waals surface area contributed by atoms with Gasteiger partial charge >= 0.3 is 5.97 Å². The first kappa shape index (κ1) is 20.6. The monoisotopic (exact) mass is 389 g/mol. The average molecular weight is 389 g/mol. The summed E-state index contributed by atoms with van der Waals surface area (Å²) in [6, 6.07) is 19.6. The lowest BCUT2D eigenvalue weighted by Gasteiger charge is -2.35. The molecule has 1 aliphatic heterocycles. The SMILES string of the molecule is CCOC(=O)/C(Cc1ccccc1)=C(/C)[C@H]1CC=CC(=O)N1Cc1ccccc1. The Morgan fingerprint density at radius 3 is 2.28 bits per heavy atom. The highest BCUT2D eigenvalue weighted by atomic mass is 16.5. The van der Waals surface area contributed by atoms with Crippen LogP contribution in [0.15, 0.2) is 84.0 Å². The van der Waals surface area contributed by atoms with Gasteiger partial charge in [0.15, 0.2) is 0 Å². The molecule has 3 rings (SSSR count). The molecule has 0 bridgehead atoms. The van der Waals surface area contributed by atoms with E-state index in [0.717, 1.165) is 16.7 Å². The summed E-state index contributed by atoms with van der Waals surface area (Å²) >= 11 is 0. The Morgan fingerprint density at radius 1 is 1.03 bits per heavy atom. The fraction of sp³-hybridized carbons (Fsp3) is 0.280. The second-order valence-corrected chi connectivity index (χ2v) is 7.15. The first-order valence-electron chi connectivity index (χ1n) is 10.0. The highest BCUT2D eigenvalue weighted by molar-refractivity contribution is 5.92. The van der Waals surface area contributed by atoms with E-state index in [0.29, 0.717) is 31.6 Å². The molecule has 0 fully saturated rings. The van der Waals surface area contributed by atoms with Crippen molar-refractivity contribution in [3.05, 3.63) is 95.1 Å². The quantitative estimate of drug-likeness (QED) is 0.519. The largest absolute Gasteiger partial charge is 0.463 e. The van der Waals surface area contributed by atoms with Crippen LogP contribution in [-0.4, -0.2) is 29.4 Å². The molecule has 1 amide bonds. The maximum atomic E-state index is 12.8. The lowest BCUT2D eigenvalue weighted by molar-refractivity contribution is -0.139. The summed E-state index contributed by atoms with van der Waals surface area (Å²) in [6.07, 6.45) is 4.68. The first-order chi connectivity index (χ1) is 14.1. The smallest absolute Gasteiger partial charge is 0.334 e. The number of esters is 1. The summed E-state index contributed by atoms with van der Waals surface area (Å²) in [6.45, 7) is 4.58. The third-order valence-corrected chi connectivity index (χ3v) is 5.20. The number of amides is 1. The van der Waals surface area contributed by atoms with Crippen molar-refractivity contribution in [1.29, 1.82) is 0 Å². The number of carbonyl (C=O) groups is 2. The minimum Gasteiger partial charge on any atom is -0.463 e. The number of rotatable bonds is 7. The average Bonchev–Trinajstić information content (AvgIpc) is 2.74. The zero-order valence-electron chi connectivity index (χ0n) is 17.0. The number of ether oxygens (including phenoxy) is 1. The van der Waals surface area contributed by atoms with Crippen molar-refractivity contribution < 1.29 is 14.3 Å². The molecule has 1 heterocycles. The van der Waals surface area contributed by atoms with Crippen molar-refractivity contribution in [2.24, 2.45) is 0 Å². The van der Waals surface area contributed by atoms with E-state index in [-0.39, 0.29) is 17.9 Å². The fourth-order valence-electron chi connectivity index (χ4n) is 3.64. The van der Waals surface area contributed by atoms with Crippen LogP contribution in [0.1, 0.15) is 31.4 Å². The maximum absolute atomic E-state index is 12.8. The summed E-state index contributed by atoms with van der Waals surface area (Å²) in [5.74, 6) is -0.345. The summed E-state index contributed by atoms with van der Waals surface area (Å²) in [4.78, 5) is 27.3. The van der Waals surface area contributed by atoms with E-state index in [1.54, 1.807) is 6.08 Å². The number of nitrogens with zero attached hydrogens (tertiary/aromatic N) is 1. The van der Waals surface area contributed by atoms with Crippen molar-refractivity contribution in [3.8, 4) is 0 Å². The Labute approximate surface area is 172 Å². The Balaban J connectivity index is 1.96. The summed E-state index contributed by atoms with van der Waals surface area (Å²) in [5, 5.41) is 0. The van der Waals surface area contributed by atoms with Gasteiger partial charge in [-0.1, -0.05) is 66.7 Å². The van der Waals surface area contributed by atoms with Crippen molar-refractivity contribution in [3.63, 3.8) is 0 Å². The Morgan fingerprint density at radius 2 is 1.66 bits per heavy atom. The molecule has 0 radical (unpaired) electrons. The molecule has 1 atom stereocenters. The van der Waals surface area contributed by atoms with Gasteiger partial charge in [0.05, 0.1) is 12.6 Å². The molecule has 1 aliphatic rings. The number of carbonyl (C=O) groups excluding carboxylic acids is 2. The molecule has 2 aromatic carbocycles. The number of benzene rings is 2. The van der Waals surface area contributed by atoms with E-state index in [9.17, 15) is 9.59 Å². The minimum atomic E-state index is -0.310. The predicted octanol–water partition coefficient (Wildman–Crippen LogP) is 4.47. The van der Waals surface area contributed by atoms with Crippen molar-refractivity contribution in [2.75, 3.05) is 6.61 Å². The third-order valence-electron chi connectivity index (χ3n) is 5.20. The van der Waals surface area contributed by atoms with E-state index in [1.807, 2.05) is 85.5 Å². The Bertz CT molecular complexity index is 900. The molecular formula is C25H27NO3.